The van der Waals surface area contributed by atoms with Crippen molar-refractivity contribution in [2.45, 2.75) is 13.3 Å². The molecule has 0 aliphatic rings. The summed E-state index contributed by atoms with van der Waals surface area (Å²) in [6.45, 7) is 3.92. The summed E-state index contributed by atoms with van der Waals surface area (Å²) in [4.78, 5) is 6.62. The van der Waals surface area contributed by atoms with Crippen molar-refractivity contribution >= 4 is 28.4 Å². The molecule has 0 unspecified atom stereocenters. The van der Waals surface area contributed by atoms with Crippen molar-refractivity contribution in [2.75, 3.05) is 23.9 Å². The molecule has 0 fully saturated rings. The number of hydrogen-bond acceptors (Lipinski definition) is 3. The van der Waals surface area contributed by atoms with Crippen molar-refractivity contribution < 1.29 is 4.42 Å². The van der Waals surface area contributed by atoms with E-state index in [-0.39, 0.29) is 0 Å². The first-order chi connectivity index (χ1) is 7.86. The molecule has 0 radical (unpaired) electrons. The summed E-state index contributed by atoms with van der Waals surface area (Å²) in [7, 11) is 0. The second kappa shape index (κ2) is 5.21. The fourth-order valence-corrected chi connectivity index (χ4v) is 2.03. The molecule has 4 heteroatoms. The van der Waals surface area contributed by atoms with Crippen LogP contribution in [0.4, 0.5) is 5.82 Å². The van der Waals surface area contributed by atoms with Gasteiger partial charge in [0.1, 0.15) is 11.4 Å². The van der Waals surface area contributed by atoms with Crippen molar-refractivity contribution in [3.63, 3.8) is 0 Å². The van der Waals surface area contributed by atoms with Gasteiger partial charge in [-0.25, -0.2) is 4.98 Å². The van der Waals surface area contributed by atoms with Gasteiger partial charge in [0.15, 0.2) is 0 Å². The van der Waals surface area contributed by atoms with Crippen LogP contribution in [0.3, 0.4) is 0 Å². The van der Waals surface area contributed by atoms with Gasteiger partial charge < -0.3 is 9.32 Å². The minimum Gasteiger partial charge on any atom is -0.464 e. The predicted molar refractivity (Wildman–Crippen MR) is 67.2 cm³/mol. The highest BCUT2D eigenvalue weighted by atomic mass is 35.5. The maximum absolute atomic E-state index is 5.81. The number of fused-ring (bicyclic) bond motifs is 1. The topological polar surface area (TPSA) is 29.3 Å². The number of alkyl halides is 1. The van der Waals surface area contributed by atoms with Crippen LogP contribution in [0.5, 0.6) is 0 Å². The Balaban J connectivity index is 2.38. The van der Waals surface area contributed by atoms with Crippen LogP contribution in [-0.4, -0.2) is 24.0 Å². The smallest absolute Gasteiger partial charge is 0.139 e. The monoisotopic (exact) mass is 238 g/mol. The van der Waals surface area contributed by atoms with Gasteiger partial charge >= 0.3 is 0 Å². The van der Waals surface area contributed by atoms with Gasteiger partial charge in [0, 0.05) is 25.2 Å². The number of aromatic nitrogens is 1. The first-order valence-corrected chi connectivity index (χ1v) is 6.03. The zero-order chi connectivity index (χ0) is 11.4. The Morgan fingerprint density at radius 2 is 2.25 bits per heavy atom. The van der Waals surface area contributed by atoms with E-state index in [2.05, 4.69) is 16.8 Å². The molecule has 0 saturated carbocycles. The SMILES string of the molecule is CCCN(CCCl)c1nccc2occc12. The average molecular weight is 239 g/mol. The lowest BCUT2D eigenvalue weighted by molar-refractivity contribution is 0.615. The van der Waals surface area contributed by atoms with E-state index in [1.807, 2.05) is 12.1 Å². The minimum atomic E-state index is 0.607. The summed E-state index contributed by atoms with van der Waals surface area (Å²) < 4.78 is 5.37. The molecule has 0 spiro atoms. The fraction of sp³-hybridized carbons (Fsp3) is 0.417. The zero-order valence-corrected chi connectivity index (χ0v) is 10.1. The highest BCUT2D eigenvalue weighted by Crippen LogP contribution is 2.25. The van der Waals surface area contributed by atoms with Crippen LogP contribution < -0.4 is 4.90 Å². The Bertz CT molecular complexity index is 449. The number of nitrogens with zero attached hydrogens (tertiary/aromatic N) is 2. The van der Waals surface area contributed by atoms with Crippen LogP contribution in [0.15, 0.2) is 29.0 Å². The van der Waals surface area contributed by atoms with Crippen molar-refractivity contribution in [1.82, 2.24) is 4.98 Å². The summed E-state index contributed by atoms with van der Waals surface area (Å²) in [5.74, 6) is 1.57. The maximum atomic E-state index is 5.81. The number of rotatable bonds is 5. The summed E-state index contributed by atoms with van der Waals surface area (Å²) in [5, 5.41) is 1.06. The summed E-state index contributed by atoms with van der Waals surface area (Å²) >= 11 is 5.81. The summed E-state index contributed by atoms with van der Waals surface area (Å²) in [5.41, 5.74) is 0.876. The van der Waals surface area contributed by atoms with Crippen LogP contribution in [-0.2, 0) is 0 Å². The molecular formula is C12H15ClN2O. The Morgan fingerprint density at radius 1 is 1.38 bits per heavy atom. The molecular weight excluding hydrogens is 224 g/mol. The van der Waals surface area contributed by atoms with Crippen LogP contribution >= 0.6 is 11.6 Å². The average Bonchev–Trinajstić information content (AvgIpc) is 2.76. The number of hydrogen-bond donors (Lipinski definition) is 0. The van der Waals surface area contributed by atoms with Gasteiger partial charge in [0.05, 0.1) is 11.6 Å². The molecule has 0 aromatic carbocycles. The third kappa shape index (κ3) is 2.14. The minimum absolute atomic E-state index is 0.607. The van der Waals surface area contributed by atoms with Crippen LogP contribution in [0.1, 0.15) is 13.3 Å². The summed E-state index contributed by atoms with van der Waals surface area (Å²) in [6.07, 6.45) is 4.55. The van der Waals surface area contributed by atoms with Gasteiger partial charge in [0.2, 0.25) is 0 Å². The highest BCUT2D eigenvalue weighted by molar-refractivity contribution is 6.18. The molecule has 0 N–H and O–H groups in total. The van der Waals surface area contributed by atoms with Crippen LogP contribution in [0.2, 0.25) is 0 Å². The molecule has 0 atom stereocenters. The molecule has 86 valence electrons. The highest BCUT2D eigenvalue weighted by Gasteiger charge is 2.11. The molecule has 0 aliphatic carbocycles. The Hall–Kier alpha value is -1.22. The molecule has 3 nitrogen and oxygen atoms in total. The van der Waals surface area contributed by atoms with Crippen LogP contribution in [0.25, 0.3) is 11.0 Å². The molecule has 0 aliphatic heterocycles. The molecule has 2 rings (SSSR count). The molecule has 0 bridgehead atoms. The van der Waals surface area contributed by atoms with E-state index in [1.54, 1.807) is 12.5 Å². The van der Waals surface area contributed by atoms with E-state index in [0.29, 0.717) is 5.88 Å². The second-order valence-corrected chi connectivity index (χ2v) is 4.02. The van der Waals surface area contributed by atoms with E-state index in [4.69, 9.17) is 16.0 Å². The van der Waals surface area contributed by atoms with Crippen molar-refractivity contribution in [3.05, 3.63) is 24.6 Å². The van der Waals surface area contributed by atoms with Crippen LogP contribution in [0, 0.1) is 0 Å². The molecule has 16 heavy (non-hydrogen) atoms. The van der Waals surface area contributed by atoms with E-state index >= 15 is 0 Å². The van der Waals surface area contributed by atoms with Gasteiger partial charge in [-0.2, -0.15) is 0 Å². The standard InChI is InChI=1S/C12H15ClN2O/c1-2-7-15(8-5-13)12-10-4-9-16-11(10)3-6-14-12/h3-4,6,9H,2,5,7-8H2,1H3. The van der Waals surface area contributed by atoms with Crippen molar-refractivity contribution in [2.24, 2.45) is 0 Å². The number of pyridine rings is 1. The van der Waals surface area contributed by atoms with Gasteiger partial charge in [-0.1, -0.05) is 6.92 Å². The lowest BCUT2D eigenvalue weighted by Crippen LogP contribution is -2.27. The largest absolute Gasteiger partial charge is 0.464 e. The van der Waals surface area contributed by atoms with Gasteiger partial charge in [-0.15, -0.1) is 11.6 Å². The Kier molecular flexibility index (Phi) is 3.67. The number of halogens is 1. The van der Waals surface area contributed by atoms with E-state index in [1.165, 1.54) is 0 Å². The molecule has 2 heterocycles. The first kappa shape index (κ1) is 11.3. The molecule has 0 saturated heterocycles. The first-order valence-electron chi connectivity index (χ1n) is 5.50. The zero-order valence-electron chi connectivity index (χ0n) is 9.32. The van der Waals surface area contributed by atoms with Crippen molar-refractivity contribution in [1.29, 1.82) is 0 Å². The molecule has 2 aromatic heterocycles. The third-order valence-electron chi connectivity index (χ3n) is 2.51. The number of anilines is 1. The van der Waals surface area contributed by atoms with E-state index < -0.39 is 0 Å². The van der Waals surface area contributed by atoms with E-state index in [0.717, 1.165) is 36.3 Å². The Labute approximate surface area is 100 Å². The van der Waals surface area contributed by atoms with E-state index in [9.17, 15) is 0 Å². The fourth-order valence-electron chi connectivity index (χ4n) is 1.83. The predicted octanol–water partition coefficient (Wildman–Crippen LogP) is 3.28. The van der Waals surface area contributed by atoms with Gasteiger partial charge in [0.25, 0.3) is 0 Å². The van der Waals surface area contributed by atoms with Gasteiger partial charge in [-0.3, -0.25) is 0 Å². The lowest BCUT2D eigenvalue weighted by atomic mass is 10.3. The van der Waals surface area contributed by atoms with Crippen molar-refractivity contribution in [3.8, 4) is 0 Å². The maximum Gasteiger partial charge on any atom is 0.139 e. The quantitative estimate of drug-likeness (QED) is 0.749. The lowest BCUT2D eigenvalue weighted by Gasteiger charge is -2.22. The number of furan rings is 1. The summed E-state index contributed by atoms with van der Waals surface area (Å²) in [6, 6.07) is 3.83. The Morgan fingerprint density at radius 3 is 3.00 bits per heavy atom. The second-order valence-electron chi connectivity index (χ2n) is 3.64. The normalized spacial score (nSPS) is 10.9. The third-order valence-corrected chi connectivity index (χ3v) is 2.68. The molecule has 0 amide bonds. The molecule has 2 aromatic rings. The van der Waals surface area contributed by atoms with Gasteiger partial charge in [-0.05, 0) is 18.6 Å².